The van der Waals surface area contributed by atoms with Gasteiger partial charge in [0.1, 0.15) is 0 Å². The van der Waals surface area contributed by atoms with Crippen LogP contribution in [0.3, 0.4) is 0 Å². The molecule has 0 aliphatic carbocycles. The van der Waals surface area contributed by atoms with Crippen molar-refractivity contribution in [2.24, 2.45) is 5.10 Å². The third kappa shape index (κ3) is 3.23. The first-order chi connectivity index (χ1) is 7.54. The van der Waals surface area contributed by atoms with E-state index in [0.717, 1.165) is 0 Å². The molecule has 0 fully saturated rings. The summed E-state index contributed by atoms with van der Waals surface area (Å²) in [6.07, 6.45) is 1.45. The van der Waals surface area contributed by atoms with Crippen LogP contribution in [0.2, 0.25) is 0 Å². The largest absolute Gasteiger partial charge is 0.503 e. The van der Waals surface area contributed by atoms with Crippen molar-refractivity contribution in [1.82, 2.24) is 5.43 Å². The van der Waals surface area contributed by atoms with Crippen molar-refractivity contribution < 1.29 is 14.6 Å². The molecule has 0 radical (unpaired) electrons. The lowest BCUT2D eigenvalue weighted by Gasteiger charge is -2.06. The lowest BCUT2D eigenvalue weighted by Crippen LogP contribution is -2.12. The minimum absolute atomic E-state index is 0.0270. The van der Waals surface area contributed by atoms with Gasteiger partial charge in [-0.25, -0.2) is 5.43 Å². The summed E-state index contributed by atoms with van der Waals surface area (Å²) in [4.78, 5) is 10.6. The summed E-state index contributed by atoms with van der Waals surface area (Å²) in [5.41, 5.74) is 2.97. The highest BCUT2D eigenvalue weighted by molar-refractivity contribution is 9.10. The molecule has 5 nitrogen and oxygen atoms in total. The van der Waals surface area contributed by atoms with Crippen LogP contribution < -0.4 is 10.2 Å². The molecule has 86 valence electrons. The number of benzene rings is 1. The van der Waals surface area contributed by atoms with Gasteiger partial charge >= 0.3 is 0 Å². The van der Waals surface area contributed by atoms with Gasteiger partial charge in [0, 0.05) is 6.92 Å². The van der Waals surface area contributed by atoms with Gasteiger partial charge in [-0.3, -0.25) is 4.79 Å². The Hall–Kier alpha value is -1.56. The highest BCUT2D eigenvalue weighted by Crippen LogP contribution is 2.34. The lowest BCUT2D eigenvalue weighted by molar-refractivity contribution is -0.118. The maximum atomic E-state index is 10.6. The Morgan fingerprint density at radius 2 is 2.31 bits per heavy atom. The average molecular weight is 287 g/mol. The van der Waals surface area contributed by atoms with Crippen molar-refractivity contribution in [2.45, 2.75) is 6.92 Å². The van der Waals surface area contributed by atoms with Crippen LogP contribution >= 0.6 is 15.9 Å². The molecule has 0 atom stereocenters. The van der Waals surface area contributed by atoms with Gasteiger partial charge in [0.15, 0.2) is 11.5 Å². The Bertz CT molecular complexity index is 432. The van der Waals surface area contributed by atoms with E-state index in [1.54, 1.807) is 12.1 Å². The van der Waals surface area contributed by atoms with Crippen molar-refractivity contribution in [2.75, 3.05) is 7.11 Å². The van der Waals surface area contributed by atoms with Crippen molar-refractivity contribution in [3.8, 4) is 11.5 Å². The first-order valence-electron chi connectivity index (χ1n) is 4.40. The lowest BCUT2D eigenvalue weighted by atomic mass is 10.2. The van der Waals surface area contributed by atoms with Gasteiger partial charge in [-0.15, -0.1) is 0 Å². The third-order valence-corrected chi connectivity index (χ3v) is 2.31. The SMILES string of the molecule is COc1cc(/C=N/NC(C)=O)cc(Br)c1O. The maximum absolute atomic E-state index is 10.6. The minimum atomic E-state index is -0.249. The van der Waals surface area contributed by atoms with Crippen molar-refractivity contribution >= 4 is 28.1 Å². The number of hydrazone groups is 1. The molecule has 0 bridgehead atoms. The number of aromatic hydroxyl groups is 1. The van der Waals surface area contributed by atoms with Crippen LogP contribution in [-0.2, 0) is 4.79 Å². The second-order valence-electron chi connectivity index (χ2n) is 2.98. The van der Waals surface area contributed by atoms with E-state index in [9.17, 15) is 9.90 Å². The number of carbonyl (C=O) groups excluding carboxylic acids is 1. The van der Waals surface area contributed by atoms with E-state index in [-0.39, 0.29) is 11.7 Å². The predicted octanol–water partition coefficient (Wildman–Crippen LogP) is 1.63. The molecule has 0 aliphatic heterocycles. The standard InChI is InChI=1S/C10H11BrN2O3/c1-6(14)13-12-5-7-3-8(11)10(15)9(4-7)16-2/h3-5,15H,1-2H3,(H,13,14)/b12-5+. The van der Waals surface area contributed by atoms with Crippen molar-refractivity contribution in [3.05, 3.63) is 22.2 Å². The number of halogens is 1. The van der Waals surface area contributed by atoms with Crippen LogP contribution in [0, 0.1) is 0 Å². The fourth-order valence-electron chi connectivity index (χ4n) is 1.02. The zero-order valence-corrected chi connectivity index (χ0v) is 10.4. The monoisotopic (exact) mass is 286 g/mol. The molecule has 0 saturated heterocycles. The fourth-order valence-corrected chi connectivity index (χ4v) is 1.48. The van der Waals surface area contributed by atoms with E-state index in [2.05, 4.69) is 26.5 Å². The normalized spacial score (nSPS) is 10.4. The summed E-state index contributed by atoms with van der Waals surface area (Å²) in [5.74, 6) is 0.110. The maximum Gasteiger partial charge on any atom is 0.236 e. The molecule has 6 heteroatoms. The zero-order valence-electron chi connectivity index (χ0n) is 8.82. The Morgan fingerprint density at radius 3 is 2.88 bits per heavy atom. The summed E-state index contributed by atoms with van der Waals surface area (Å²) in [5, 5.41) is 13.3. The highest BCUT2D eigenvalue weighted by Gasteiger charge is 2.07. The minimum Gasteiger partial charge on any atom is -0.503 e. The molecule has 16 heavy (non-hydrogen) atoms. The Balaban J connectivity index is 2.93. The summed E-state index contributed by atoms with van der Waals surface area (Å²) in [6, 6.07) is 3.26. The molecule has 0 unspecified atom stereocenters. The number of ether oxygens (including phenoxy) is 1. The van der Waals surface area contributed by atoms with E-state index in [0.29, 0.717) is 15.8 Å². The highest BCUT2D eigenvalue weighted by atomic mass is 79.9. The second-order valence-corrected chi connectivity index (χ2v) is 3.83. The smallest absolute Gasteiger partial charge is 0.236 e. The number of methoxy groups -OCH3 is 1. The molecule has 1 amide bonds. The number of hydrogen-bond acceptors (Lipinski definition) is 4. The molecule has 0 aliphatic rings. The van der Waals surface area contributed by atoms with Gasteiger partial charge in [-0.2, -0.15) is 5.10 Å². The Kier molecular flexibility index (Phi) is 4.30. The number of hydrogen-bond donors (Lipinski definition) is 2. The zero-order chi connectivity index (χ0) is 12.1. The topological polar surface area (TPSA) is 70.9 Å². The number of nitrogens with zero attached hydrogens (tertiary/aromatic N) is 1. The molecular weight excluding hydrogens is 276 g/mol. The summed E-state index contributed by atoms with van der Waals surface area (Å²) in [6.45, 7) is 1.37. The first kappa shape index (κ1) is 12.5. The first-order valence-corrected chi connectivity index (χ1v) is 5.20. The second kappa shape index (κ2) is 5.50. The summed E-state index contributed by atoms with van der Waals surface area (Å²) >= 11 is 3.18. The van der Waals surface area contributed by atoms with E-state index in [1.165, 1.54) is 20.2 Å². The molecule has 0 aromatic heterocycles. The quantitative estimate of drug-likeness (QED) is 0.655. The van der Waals surface area contributed by atoms with E-state index in [1.807, 2.05) is 0 Å². The van der Waals surface area contributed by atoms with Crippen LogP contribution in [-0.4, -0.2) is 24.3 Å². The van der Waals surface area contributed by atoms with Crippen molar-refractivity contribution in [1.29, 1.82) is 0 Å². The van der Waals surface area contributed by atoms with Crippen LogP contribution in [0.15, 0.2) is 21.7 Å². The molecule has 0 spiro atoms. The summed E-state index contributed by atoms with van der Waals surface area (Å²) < 4.78 is 5.46. The van der Waals surface area contributed by atoms with Gasteiger partial charge in [0.2, 0.25) is 5.91 Å². The molecule has 0 saturated carbocycles. The fraction of sp³-hybridized carbons (Fsp3) is 0.200. The van der Waals surface area contributed by atoms with Crippen LogP contribution in [0.25, 0.3) is 0 Å². The molecule has 1 aromatic carbocycles. The Labute approximate surface area is 101 Å². The van der Waals surface area contributed by atoms with E-state index < -0.39 is 0 Å². The molecule has 0 heterocycles. The predicted molar refractivity (Wildman–Crippen MR) is 63.8 cm³/mol. The van der Waals surface area contributed by atoms with Crippen LogP contribution in [0.5, 0.6) is 11.5 Å². The summed E-state index contributed by atoms with van der Waals surface area (Å²) in [7, 11) is 1.45. The van der Waals surface area contributed by atoms with Gasteiger partial charge < -0.3 is 9.84 Å². The van der Waals surface area contributed by atoms with Gasteiger partial charge in [0.05, 0.1) is 17.8 Å². The average Bonchev–Trinajstić information content (AvgIpc) is 2.22. The van der Waals surface area contributed by atoms with Crippen molar-refractivity contribution in [3.63, 3.8) is 0 Å². The number of phenols is 1. The molecule has 1 rings (SSSR count). The number of nitrogens with one attached hydrogen (secondary N) is 1. The number of carbonyl (C=O) groups is 1. The van der Waals surface area contributed by atoms with Gasteiger partial charge in [-0.1, -0.05) is 0 Å². The Morgan fingerprint density at radius 1 is 1.62 bits per heavy atom. The van der Waals surface area contributed by atoms with Crippen LogP contribution in [0.4, 0.5) is 0 Å². The number of phenolic OH excluding ortho intramolecular Hbond substituents is 1. The van der Waals surface area contributed by atoms with E-state index in [4.69, 9.17) is 4.74 Å². The number of rotatable bonds is 3. The molecular formula is C10H11BrN2O3. The van der Waals surface area contributed by atoms with Crippen LogP contribution in [0.1, 0.15) is 12.5 Å². The van der Waals surface area contributed by atoms with Gasteiger partial charge in [-0.05, 0) is 33.6 Å². The van der Waals surface area contributed by atoms with Gasteiger partial charge in [0.25, 0.3) is 0 Å². The molecule has 2 N–H and O–H groups in total. The molecule has 1 aromatic rings. The third-order valence-electron chi connectivity index (χ3n) is 1.71. The van der Waals surface area contributed by atoms with E-state index >= 15 is 0 Å². The number of amides is 1.